The summed E-state index contributed by atoms with van der Waals surface area (Å²) in [6.07, 6.45) is 0.223. The number of hydrogen-bond acceptors (Lipinski definition) is 4. The van der Waals surface area contributed by atoms with Crippen molar-refractivity contribution in [2.45, 2.75) is 6.42 Å². The Hall–Kier alpha value is -3.03. The zero-order valence-corrected chi connectivity index (χ0v) is 12.8. The normalized spacial score (nSPS) is 10.3. The molecule has 0 heterocycles. The van der Waals surface area contributed by atoms with E-state index in [1.54, 1.807) is 0 Å². The van der Waals surface area contributed by atoms with Crippen molar-refractivity contribution in [2.24, 2.45) is 0 Å². The molecule has 0 saturated heterocycles. The summed E-state index contributed by atoms with van der Waals surface area (Å²) in [4.78, 5) is 22.1. The molecule has 0 saturated carbocycles. The zero-order chi connectivity index (χ0) is 17.7. The molecule has 6 nitrogen and oxygen atoms in total. The van der Waals surface area contributed by atoms with E-state index in [9.17, 15) is 23.7 Å². The second-order valence-corrected chi connectivity index (χ2v) is 4.98. The number of nitrogens with zero attached hydrogens (tertiary/aromatic N) is 1. The highest BCUT2D eigenvalue weighted by molar-refractivity contribution is 5.95. The molecule has 0 aliphatic heterocycles. The summed E-state index contributed by atoms with van der Waals surface area (Å²) >= 11 is 0. The largest absolute Gasteiger partial charge is 0.379 e. The van der Waals surface area contributed by atoms with Gasteiger partial charge < -0.3 is 10.6 Å². The fourth-order valence-corrected chi connectivity index (χ4v) is 2.17. The van der Waals surface area contributed by atoms with Crippen molar-refractivity contribution in [2.75, 3.05) is 18.9 Å². The van der Waals surface area contributed by atoms with Gasteiger partial charge in [-0.05, 0) is 30.2 Å². The molecule has 1 amide bonds. The van der Waals surface area contributed by atoms with E-state index in [1.165, 1.54) is 31.3 Å². The first-order valence-corrected chi connectivity index (χ1v) is 7.10. The van der Waals surface area contributed by atoms with E-state index in [2.05, 4.69) is 10.6 Å². The molecular formula is C16H15F2N3O3. The highest BCUT2D eigenvalue weighted by Gasteiger charge is 2.17. The quantitative estimate of drug-likeness (QED) is 0.628. The molecule has 2 rings (SSSR count). The number of nitrogens with one attached hydrogen (secondary N) is 2. The van der Waals surface area contributed by atoms with Crippen LogP contribution in [0.1, 0.15) is 15.9 Å². The van der Waals surface area contributed by atoms with E-state index < -0.39 is 22.5 Å². The van der Waals surface area contributed by atoms with Gasteiger partial charge in [-0.25, -0.2) is 8.78 Å². The van der Waals surface area contributed by atoms with Crippen molar-refractivity contribution in [3.05, 3.63) is 69.3 Å². The molecule has 0 spiro atoms. The Morgan fingerprint density at radius 1 is 1.21 bits per heavy atom. The zero-order valence-electron chi connectivity index (χ0n) is 12.8. The number of benzene rings is 2. The summed E-state index contributed by atoms with van der Waals surface area (Å²) in [5, 5.41) is 16.4. The Morgan fingerprint density at radius 2 is 1.96 bits per heavy atom. The van der Waals surface area contributed by atoms with Crippen LogP contribution < -0.4 is 10.6 Å². The van der Waals surface area contributed by atoms with E-state index in [4.69, 9.17) is 0 Å². The molecule has 0 aromatic heterocycles. The summed E-state index contributed by atoms with van der Waals surface area (Å²) < 4.78 is 26.4. The molecule has 2 aromatic rings. The number of halogens is 2. The molecule has 0 fully saturated rings. The van der Waals surface area contributed by atoms with Gasteiger partial charge in [0, 0.05) is 31.3 Å². The SMILES string of the molecule is CNC(=O)c1ccc(NCCc2ccc(F)cc2F)c([N+](=O)[O-])c1. The topological polar surface area (TPSA) is 84.3 Å². The van der Waals surface area contributed by atoms with Crippen molar-refractivity contribution in [1.82, 2.24) is 5.32 Å². The third-order valence-corrected chi connectivity index (χ3v) is 3.41. The first kappa shape index (κ1) is 17.3. The van der Waals surface area contributed by atoms with Crippen LogP contribution in [0.25, 0.3) is 0 Å². The van der Waals surface area contributed by atoms with Gasteiger partial charge in [0.2, 0.25) is 0 Å². The van der Waals surface area contributed by atoms with Crippen molar-refractivity contribution >= 4 is 17.3 Å². The lowest BCUT2D eigenvalue weighted by atomic mass is 10.1. The molecule has 8 heteroatoms. The number of rotatable bonds is 6. The second kappa shape index (κ2) is 7.49. The molecule has 0 atom stereocenters. The predicted molar refractivity (Wildman–Crippen MR) is 85.0 cm³/mol. The lowest BCUT2D eigenvalue weighted by Gasteiger charge is -2.09. The van der Waals surface area contributed by atoms with Crippen LogP contribution in [0.15, 0.2) is 36.4 Å². The van der Waals surface area contributed by atoms with Crippen LogP contribution in [0.2, 0.25) is 0 Å². The summed E-state index contributed by atoms with van der Waals surface area (Å²) in [6, 6.07) is 7.31. The first-order chi connectivity index (χ1) is 11.4. The average Bonchev–Trinajstić information content (AvgIpc) is 2.56. The minimum Gasteiger partial charge on any atom is -0.379 e. The Labute approximate surface area is 136 Å². The van der Waals surface area contributed by atoms with Crippen molar-refractivity contribution in [1.29, 1.82) is 0 Å². The van der Waals surface area contributed by atoms with Gasteiger partial charge in [0.1, 0.15) is 17.3 Å². The van der Waals surface area contributed by atoms with Gasteiger partial charge in [-0.2, -0.15) is 0 Å². The van der Waals surface area contributed by atoms with E-state index in [0.717, 1.165) is 12.1 Å². The van der Waals surface area contributed by atoms with E-state index in [1.807, 2.05) is 0 Å². The molecule has 0 aliphatic carbocycles. The van der Waals surface area contributed by atoms with Crippen LogP contribution >= 0.6 is 0 Å². The fraction of sp³-hybridized carbons (Fsp3) is 0.188. The van der Waals surface area contributed by atoms with Crippen LogP contribution in [0, 0.1) is 21.7 Å². The van der Waals surface area contributed by atoms with E-state index in [-0.39, 0.29) is 29.9 Å². The highest BCUT2D eigenvalue weighted by atomic mass is 19.1. The molecule has 2 N–H and O–H groups in total. The smallest absolute Gasteiger partial charge is 0.293 e. The minimum absolute atomic E-state index is 0.166. The van der Waals surface area contributed by atoms with E-state index >= 15 is 0 Å². The number of hydrogen-bond donors (Lipinski definition) is 2. The molecule has 0 unspecified atom stereocenters. The molecule has 126 valence electrons. The molecular weight excluding hydrogens is 320 g/mol. The maximum absolute atomic E-state index is 13.5. The fourth-order valence-electron chi connectivity index (χ4n) is 2.17. The minimum atomic E-state index is -0.665. The van der Waals surface area contributed by atoms with Crippen LogP contribution in [0.5, 0.6) is 0 Å². The monoisotopic (exact) mass is 335 g/mol. The lowest BCUT2D eigenvalue weighted by molar-refractivity contribution is -0.384. The van der Waals surface area contributed by atoms with Gasteiger partial charge in [0.25, 0.3) is 11.6 Å². The van der Waals surface area contributed by atoms with Crippen LogP contribution in [0.4, 0.5) is 20.2 Å². The van der Waals surface area contributed by atoms with Crippen LogP contribution in [-0.4, -0.2) is 24.4 Å². The first-order valence-electron chi connectivity index (χ1n) is 7.10. The van der Waals surface area contributed by atoms with Crippen LogP contribution in [-0.2, 0) is 6.42 Å². The molecule has 2 aromatic carbocycles. The Balaban J connectivity index is 2.11. The molecule has 0 aliphatic rings. The van der Waals surface area contributed by atoms with Gasteiger partial charge >= 0.3 is 0 Å². The second-order valence-electron chi connectivity index (χ2n) is 4.98. The van der Waals surface area contributed by atoms with Crippen molar-refractivity contribution in [3.8, 4) is 0 Å². The summed E-state index contributed by atoms with van der Waals surface area (Å²) in [6.45, 7) is 0.211. The molecule has 0 radical (unpaired) electrons. The molecule has 24 heavy (non-hydrogen) atoms. The number of nitro groups is 1. The van der Waals surface area contributed by atoms with Gasteiger partial charge in [-0.1, -0.05) is 6.07 Å². The van der Waals surface area contributed by atoms with E-state index in [0.29, 0.717) is 5.56 Å². The number of carbonyl (C=O) groups is 1. The lowest BCUT2D eigenvalue weighted by Crippen LogP contribution is -2.18. The number of nitro benzene ring substituents is 1. The number of amides is 1. The standard InChI is InChI=1S/C16H15F2N3O3/c1-19-16(22)11-3-5-14(15(8-11)21(23)24)20-7-6-10-2-4-12(17)9-13(10)18/h2-5,8-9,20H,6-7H2,1H3,(H,19,22). The third kappa shape index (κ3) is 4.03. The molecule has 0 bridgehead atoms. The van der Waals surface area contributed by atoms with Crippen molar-refractivity contribution in [3.63, 3.8) is 0 Å². The summed E-state index contributed by atoms with van der Waals surface area (Å²) in [7, 11) is 1.43. The maximum atomic E-state index is 13.5. The third-order valence-electron chi connectivity index (χ3n) is 3.41. The Bertz CT molecular complexity index is 781. The van der Waals surface area contributed by atoms with Gasteiger partial charge in [0.15, 0.2) is 0 Å². The van der Waals surface area contributed by atoms with Crippen LogP contribution in [0.3, 0.4) is 0 Å². The van der Waals surface area contributed by atoms with Gasteiger partial charge in [0.05, 0.1) is 4.92 Å². The summed E-state index contributed by atoms with van der Waals surface area (Å²) in [5.41, 5.74) is 0.429. The Morgan fingerprint density at radius 3 is 2.58 bits per heavy atom. The van der Waals surface area contributed by atoms with Crippen molar-refractivity contribution < 1.29 is 18.5 Å². The Kier molecular flexibility index (Phi) is 5.41. The maximum Gasteiger partial charge on any atom is 0.293 e. The summed E-state index contributed by atoms with van der Waals surface area (Å²) in [5.74, 6) is -1.76. The predicted octanol–water partition coefficient (Wildman–Crippen LogP) is 2.89. The highest BCUT2D eigenvalue weighted by Crippen LogP contribution is 2.25. The van der Waals surface area contributed by atoms with Gasteiger partial charge in [-0.3, -0.25) is 14.9 Å². The number of anilines is 1. The average molecular weight is 335 g/mol. The van der Waals surface area contributed by atoms with Gasteiger partial charge in [-0.15, -0.1) is 0 Å². The number of carbonyl (C=O) groups excluding carboxylic acids is 1.